The van der Waals surface area contributed by atoms with E-state index in [1.165, 1.54) is 6.26 Å². The minimum atomic E-state index is -1.35. The predicted octanol–water partition coefficient (Wildman–Crippen LogP) is 3.03. The number of carbonyl (C=O) groups excluding carboxylic acids is 1. The van der Waals surface area contributed by atoms with E-state index >= 15 is 0 Å². The Morgan fingerprint density at radius 2 is 2.12 bits per heavy atom. The van der Waals surface area contributed by atoms with E-state index in [2.05, 4.69) is 15.9 Å². The zero-order valence-electron chi connectivity index (χ0n) is 8.76. The number of hydrogen-bond acceptors (Lipinski definition) is 3. The summed E-state index contributed by atoms with van der Waals surface area (Å²) in [6.45, 7) is 0. The molecular weight excluding hydrogens is 304 g/mol. The van der Waals surface area contributed by atoms with Gasteiger partial charge in [0.15, 0.2) is 5.76 Å². The molecule has 0 fully saturated rings. The van der Waals surface area contributed by atoms with Gasteiger partial charge in [0, 0.05) is 9.37 Å². The fraction of sp³-hybridized carbons (Fsp3) is 0.0833. The van der Waals surface area contributed by atoms with Crippen molar-refractivity contribution in [3.8, 4) is 0 Å². The molecule has 1 atom stereocenters. The average molecular weight is 313 g/mol. The first-order chi connectivity index (χ1) is 8.16. The van der Waals surface area contributed by atoms with Gasteiger partial charge in [-0.2, -0.15) is 0 Å². The highest BCUT2D eigenvalue weighted by Gasteiger charge is 2.14. The van der Waals surface area contributed by atoms with Crippen LogP contribution in [0, 0.1) is 0 Å². The second-order valence-electron chi connectivity index (χ2n) is 3.35. The molecule has 17 heavy (non-hydrogen) atoms. The highest BCUT2D eigenvalue weighted by molar-refractivity contribution is 9.10. The van der Waals surface area contributed by atoms with Crippen molar-refractivity contribution in [2.75, 3.05) is 5.75 Å². The summed E-state index contributed by atoms with van der Waals surface area (Å²) in [5, 5.41) is 0. The van der Waals surface area contributed by atoms with Crippen LogP contribution in [-0.4, -0.2) is 15.7 Å². The number of benzene rings is 1. The van der Waals surface area contributed by atoms with Crippen molar-refractivity contribution in [2.24, 2.45) is 0 Å². The van der Waals surface area contributed by atoms with Crippen molar-refractivity contribution >= 4 is 32.5 Å². The zero-order valence-corrected chi connectivity index (χ0v) is 11.2. The fourth-order valence-electron chi connectivity index (χ4n) is 1.32. The van der Waals surface area contributed by atoms with E-state index in [0.717, 1.165) is 4.47 Å². The molecule has 5 heteroatoms. The monoisotopic (exact) mass is 312 g/mol. The number of halogens is 1. The number of carbonyl (C=O) groups is 1. The smallest absolute Gasteiger partial charge is 0.210 e. The number of hydrogen-bond donors (Lipinski definition) is 0. The lowest BCUT2D eigenvalue weighted by Gasteiger charge is -2.01. The van der Waals surface area contributed by atoms with Crippen LogP contribution in [0.1, 0.15) is 10.6 Å². The lowest BCUT2D eigenvalue weighted by molar-refractivity contribution is 0.0991. The first-order valence-electron chi connectivity index (χ1n) is 4.87. The van der Waals surface area contributed by atoms with Gasteiger partial charge in [-0.25, -0.2) is 0 Å². The Labute approximate surface area is 109 Å². The molecule has 0 amide bonds. The van der Waals surface area contributed by atoms with Crippen LogP contribution in [0.25, 0.3) is 0 Å². The van der Waals surface area contributed by atoms with Gasteiger partial charge in [-0.05, 0) is 30.3 Å². The quantitative estimate of drug-likeness (QED) is 0.815. The Kier molecular flexibility index (Phi) is 3.91. The summed E-state index contributed by atoms with van der Waals surface area (Å²) in [7, 11) is -1.35. The first-order valence-corrected chi connectivity index (χ1v) is 6.98. The molecule has 1 aromatic heterocycles. The van der Waals surface area contributed by atoms with Crippen LogP contribution < -0.4 is 0 Å². The molecule has 2 rings (SSSR count). The van der Waals surface area contributed by atoms with E-state index in [-0.39, 0.29) is 17.3 Å². The van der Waals surface area contributed by atoms with E-state index in [4.69, 9.17) is 4.42 Å². The Hall–Kier alpha value is -1.20. The second-order valence-corrected chi connectivity index (χ2v) is 5.71. The second kappa shape index (κ2) is 5.42. The molecule has 1 unspecified atom stereocenters. The van der Waals surface area contributed by atoms with Gasteiger partial charge >= 0.3 is 0 Å². The van der Waals surface area contributed by atoms with Crippen molar-refractivity contribution in [3.63, 3.8) is 0 Å². The van der Waals surface area contributed by atoms with Gasteiger partial charge in [-0.3, -0.25) is 9.00 Å². The maximum Gasteiger partial charge on any atom is 0.210 e. The van der Waals surface area contributed by atoms with E-state index in [1.807, 2.05) is 6.07 Å². The zero-order chi connectivity index (χ0) is 12.3. The number of furan rings is 1. The normalized spacial score (nSPS) is 12.3. The van der Waals surface area contributed by atoms with Crippen LogP contribution in [0.15, 0.2) is 56.4 Å². The molecule has 0 aliphatic rings. The lowest BCUT2D eigenvalue weighted by atomic mass is 10.3. The molecule has 1 aromatic carbocycles. The molecule has 88 valence electrons. The largest absolute Gasteiger partial charge is 0.461 e. The van der Waals surface area contributed by atoms with Crippen LogP contribution in [0.5, 0.6) is 0 Å². The first kappa shape index (κ1) is 12.3. The molecule has 2 aromatic rings. The van der Waals surface area contributed by atoms with Gasteiger partial charge in [-0.15, -0.1) is 0 Å². The van der Waals surface area contributed by atoms with Crippen LogP contribution in [0.2, 0.25) is 0 Å². The van der Waals surface area contributed by atoms with E-state index in [9.17, 15) is 9.00 Å². The van der Waals surface area contributed by atoms with Gasteiger partial charge in [0.25, 0.3) is 0 Å². The van der Waals surface area contributed by atoms with Crippen molar-refractivity contribution in [1.82, 2.24) is 0 Å². The summed E-state index contributed by atoms with van der Waals surface area (Å²) < 4.78 is 17.7. The molecule has 1 heterocycles. The Bertz CT molecular complexity index is 549. The molecule has 0 aliphatic carbocycles. The van der Waals surface area contributed by atoms with Crippen molar-refractivity contribution in [2.45, 2.75) is 4.90 Å². The molecule has 0 radical (unpaired) electrons. The summed E-state index contributed by atoms with van der Waals surface area (Å²) in [6.07, 6.45) is 1.43. The predicted molar refractivity (Wildman–Crippen MR) is 68.5 cm³/mol. The third-order valence-electron chi connectivity index (χ3n) is 2.12. The van der Waals surface area contributed by atoms with Crippen molar-refractivity contribution in [3.05, 3.63) is 52.9 Å². The van der Waals surface area contributed by atoms with Crippen LogP contribution in [0.4, 0.5) is 0 Å². The van der Waals surface area contributed by atoms with Crippen LogP contribution in [0.3, 0.4) is 0 Å². The Morgan fingerprint density at radius 1 is 1.29 bits per heavy atom. The molecule has 0 spiro atoms. The fourth-order valence-corrected chi connectivity index (χ4v) is 2.91. The highest BCUT2D eigenvalue weighted by atomic mass is 79.9. The molecule has 3 nitrogen and oxygen atoms in total. The summed E-state index contributed by atoms with van der Waals surface area (Å²) in [5.74, 6) is -0.0779. The summed E-state index contributed by atoms with van der Waals surface area (Å²) >= 11 is 3.30. The molecule has 0 saturated heterocycles. The van der Waals surface area contributed by atoms with E-state index in [0.29, 0.717) is 4.90 Å². The Morgan fingerprint density at radius 3 is 2.76 bits per heavy atom. The highest BCUT2D eigenvalue weighted by Crippen LogP contribution is 2.15. The van der Waals surface area contributed by atoms with Gasteiger partial charge < -0.3 is 4.42 Å². The maximum absolute atomic E-state index is 11.9. The van der Waals surface area contributed by atoms with E-state index in [1.54, 1.807) is 30.3 Å². The third-order valence-corrected chi connectivity index (χ3v) is 3.91. The number of ketones is 1. The van der Waals surface area contributed by atoms with Crippen molar-refractivity contribution < 1.29 is 13.4 Å². The lowest BCUT2D eigenvalue weighted by Crippen LogP contribution is -2.10. The van der Waals surface area contributed by atoms with Crippen LogP contribution >= 0.6 is 15.9 Å². The topological polar surface area (TPSA) is 47.3 Å². The summed E-state index contributed by atoms with van der Waals surface area (Å²) in [6, 6.07) is 10.3. The summed E-state index contributed by atoms with van der Waals surface area (Å²) in [4.78, 5) is 12.3. The third kappa shape index (κ3) is 3.14. The summed E-state index contributed by atoms with van der Waals surface area (Å²) in [5.41, 5.74) is 0. The number of Topliss-reactive ketones (excluding diaryl/α,β-unsaturated/α-hetero) is 1. The van der Waals surface area contributed by atoms with E-state index < -0.39 is 10.8 Å². The standard InChI is InChI=1S/C12H9BrO3S/c13-9-3-1-4-10(7-9)17(15)8-11(14)12-5-2-6-16-12/h1-7H,8H2. The average Bonchev–Trinajstić information content (AvgIpc) is 2.82. The van der Waals surface area contributed by atoms with Crippen LogP contribution in [-0.2, 0) is 10.8 Å². The molecule has 0 bridgehead atoms. The van der Waals surface area contributed by atoms with Gasteiger partial charge in [0.2, 0.25) is 5.78 Å². The SMILES string of the molecule is O=C(CS(=O)c1cccc(Br)c1)c1ccco1. The molecule has 0 aliphatic heterocycles. The van der Waals surface area contributed by atoms with Gasteiger partial charge in [-0.1, -0.05) is 22.0 Å². The molecule has 0 N–H and O–H groups in total. The molecule has 0 saturated carbocycles. The van der Waals surface area contributed by atoms with Crippen molar-refractivity contribution in [1.29, 1.82) is 0 Å². The maximum atomic E-state index is 11.9. The minimum Gasteiger partial charge on any atom is -0.461 e. The Balaban J connectivity index is 2.10. The molecular formula is C12H9BrO3S. The number of rotatable bonds is 4. The van der Waals surface area contributed by atoms with Gasteiger partial charge in [0.1, 0.15) is 0 Å². The van der Waals surface area contributed by atoms with Gasteiger partial charge in [0.05, 0.1) is 22.8 Å². The minimum absolute atomic E-state index is 0.0655.